The Kier molecular flexibility index (Phi) is 7.15. The van der Waals surface area contributed by atoms with Crippen LogP contribution in [0.15, 0.2) is 54.6 Å². The van der Waals surface area contributed by atoms with Gasteiger partial charge < -0.3 is 5.32 Å². The summed E-state index contributed by atoms with van der Waals surface area (Å²) in [6.45, 7) is 5.57. The number of nitrogens with one attached hydrogen (secondary N) is 2. The zero-order chi connectivity index (χ0) is 22.6. The van der Waals surface area contributed by atoms with E-state index in [1.165, 1.54) is 4.68 Å². The monoisotopic (exact) mass is 460 g/mol. The lowest BCUT2D eigenvalue weighted by molar-refractivity contribution is 0.0950. The van der Waals surface area contributed by atoms with Crippen LogP contribution >= 0.6 is 11.6 Å². The number of hydrogen-bond donors (Lipinski definition) is 2. The first-order valence-corrected chi connectivity index (χ1v) is 11.9. The third kappa shape index (κ3) is 5.94. The van der Waals surface area contributed by atoms with Gasteiger partial charge in [-0.2, -0.15) is 5.10 Å². The van der Waals surface area contributed by atoms with Gasteiger partial charge in [-0.05, 0) is 44.0 Å². The number of nitrogens with zero attached hydrogens (tertiary/aromatic N) is 2. The lowest BCUT2D eigenvalue weighted by atomic mass is 10.1. The summed E-state index contributed by atoms with van der Waals surface area (Å²) in [6.07, 6.45) is 0. The van der Waals surface area contributed by atoms with Gasteiger partial charge in [-0.15, -0.1) is 0 Å². The third-order valence-corrected chi connectivity index (χ3v) is 6.37. The molecule has 0 fully saturated rings. The molecule has 0 saturated carbocycles. The van der Waals surface area contributed by atoms with E-state index in [1.54, 1.807) is 45.0 Å². The first kappa shape index (κ1) is 23.0. The van der Waals surface area contributed by atoms with Crippen LogP contribution in [-0.4, -0.2) is 30.1 Å². The van der Waals surface area contributed by atoms with Crippen molar-refractivity contribution in [3.05, 3.63) is 82.1 Å². The van der Waals surface area contributed by atoms with Gasteiger partial charge in [-0.3, -0.25) is 4.79 Å². The molecule has 3 rings (SSSR count). The van der Waals surface area contributed by atoms with Gasteiger partial charge in [0.05, 0.1) is 22.7 Å². The van der Waals surface area contributed by atoms with Crippen LogP contribution in [0.2, 0.25) is 5.15 Å². The van der Waals surface area contributed by atoms with Gasteiger partial charge in [0.1, 0.15) is 5.15 Å². The van der Waals surface area contributed by atoms with Gasteiger partial charge in [0.15, 0.2) is 0 Å². The molecule has 9 heteroatoms. The summed E-state index contributed by atoms with van der Waals surface area (Å²) in [7, 11) is -3.38. The second-order valence-corrected chi connectivity index (χ2v) is 9.64. The van der Waals surface area contributed by atoms with E-state index in [0.717, 1.165) is 11.3 Å². The minimum atomic E-state index is -3.38. The number of aromatic nitrogens is 2. The number of hydrogen-bond acceptors (Lipinski definition) is 4. The van der Waals surface area contributed by atoms with Crippen LogP contribution in [0.3, 0.4) is 0 Å². The molecule has 2 aromatic carbocycles. The normalized spacial score (nSPS) is 11.6. The Hall–Kier alpha value is -2.68. The van der Waals surface area contributed by atoms with E-state index in [2.05, 4.69) is 15.1 Å². The average Bonchev–Trinajstić information content (AvgIpc) is 3.00. The first-order chi connectivity index (χ1) is 14.7. The van der Waals surface area contributed by atoms with Crippen LogP contribution < -0.4 is 10.0 Å². The summed E-state index contributed by atoms with van der Waals surface area (Å²) >= 11 is 6.44. The van der Waals surface area contributed by atoms with Crippen molar-refractivity contribution in [1.82, 2.24) is 19.8 Å². The predicted octanol–water partition coefficient (Wildman–Crippen LogP) is 3.59. The lowest BCUT2D eigenvalue weighted by Gasteiger charge is -2.10. The molecule has 0 aliphatic rings. The minimum Gasteiger partial charge on any atom is -0.348 e. The number of rotatable bonds is 8. The maximum Gasteiger partial charge on any atom is 0.256 e. The van der Waals surface area contributed by atoms with E-state index in [9.17, 15) is 13.2 Å². The van der Waals surface area contributed by atoms with E-state index in [1.807, 2.05) is 30.3 Å². The predicted molar refractivity (Wildman–Crippen MR) is 122 cm³/mol. The van der Waals surface area contributed by atoms with Gasteiger partial charge in [0, 0.05) is 12.6 Å². The van der Waals surface area contributed by atoms with Crippen LogP contribution in [0.25, 0.3) is 5.69 Å². The van der Waals surface area contributed by atoms with Crippen LogP contribution in [0.5, 0.6) is 0 Å². The quantitative estimate of drug-likeness (QED) is 0.537. The van der Waals surface area contributed by atoms with Crippen molar-refractivity contribution in [3.8, 4) is 5.69 Å². The Morgan fingerprint density at radius 2 is 1.68 bits per heavy atom. The highest BCUT2D eigenvalue weighted by Crippen LogP contribution is 2.23. The molecular weight excluding hydrogens is 436 g/mol. The highest BCUT2D eigenvalue weighted by molar-refractivity contribution is 7.88. The van der Waals surface area contributed by atoms with Crippen LogP contribution in [0.4, 0.5) is 0 Å². The molecule has 0 unspecified atom stereocenters. The molecule has 1 amide bonds. The van der Waals surface area contributed by atoms with Crippen LogP contribution in [0.1, 0.15) is 41.0 Å². The minimum absolute atomic E-state index is 0.0920. The van der Waals surface area contributed by atoms with E-state index in [4.69, 9.17) is 11.6 Å². The Morgan fingerprint density at radius 3 is 2.29 bits per heavy atom. The number of halogens is 1. The summed E-state index contributed by atoms with van der Waals surface area (Å²) in [5.41, 5.74) is 3.14. The molecule has 0 radical (unpaired) electrons. The first-order valence-electron chi connectivity index (χ1n) is 9.83. The highest BCUT2D eigenvalue weighted by atomic mass is 35.5. The maximum absolute atomic E-state index is 12.7. The molecule has 0 aliphatic heterocycles. The molecule has 2 N–H and O–H groups in total. The second-order valence-electron chi connectivity index (χ2n) is 7.53. The zero-order valence-electron chi connectivity index (χ0n) is 17.6. The summed E-state index contributed by atoms with van der Waals surface area (Å²) in [6, 6.07) is 16.3. The molecule has 1 heterocycles. The van der Waals surface area contributed by atoms with Crippen molar-refractivity contribution >= 4 is 27.5 Å². The topological polar surface area (TPSA) is 93.1 Å². The van der Waals surface area contributed by atoms with Crippen molar-refractivity contribution in [1.29, 1.82) is 0 Å². The number of carbonyl (C=O) groups is 1. The molecule has 0 aliphatic carbocycles. The lowest BCUT2D eigenvalue weighted by Crippen LogP contribution is -2.31. The van der Waals surface area contributed by atoms with Crippen LogP contribution in [-0.2, 0) is 22.3 Å². The van der Waals surface area contributed by atoms with Crippen molar-refractivity contribution in [2.75, 3.05) is 0 Å². The van der Waals surface area contributed by atoms with Gasteiger partial charge in [0.25, 0.3) is 5.91 Å². The molecule has 0 bridgehead atoms. The number of aryl methyl sites for hydroxylation is 1. The summed E-state index contributed by atoms with van der Waals surface area (Å²) in [5.74, 6) is -0.414. The molecule has 31 heavy (non-hydrogen) atoms. The van der Waals surface area contributed by atoms with E-state index in [-0.39, 0.29) is 29.4 Å². The van der Waals surface area contributed by atoms with E-state index in [0.29, 0.717) is 16.8 Å². The summed E-state index contributed by atoms with van der Waals surface area (Å²) in [5, 5.41) is 7.48. The summed E-state index contributed by atoms with van der Waals surface area (Å²) < 4.78 is 28.2. The third-order valence-electron chi connectivity index (χ3n) is 4.48. The number of amides is 1. The highest BCUT2D eigenvalue weighted by Gasteiger charge is 2.21. The van der Waals surface area contributed by atoms with Crippen molar-refractivity contribution in [2.45, 2.75) is 39.1 Å². The Balaban J connectivity index is 1.66. The molecule has 1 aromatic heterocycles. The molecule has 0 saturated heterocycles. The fourth-order valence-corrected chi connectivity index (χ4v) is 4.93. The number of para-hydroxylation sites is 1. The van der Waals surface area contributed by atoms with Crippen molar-refractivity contribution in [2.24, 2.45) is 0 Å². The fraction of sp³-hybridized carbons (Fsp3) is 0.273. The Labute approximate surface area is 187 Å². The number of sulfonamides is 1. The smallest absolute Gasteiger partial charge is 0.256 e. The van der Waals surface area contributed by atoms with E-state index >= 15 is 0 Å². The van der Waals surface area contributed by atoms with Gasteiger partial charge in [-0.25, -0.2) is 17.8 Å². The van der Waals surface area contributed by atoms with Gasteiger partial charge in [-0.1, -0.05) is 54.1 Å². The van der Waals surface area contributed by atoms with Crippen LogP contribution in [0, 0.1) is 6.92 Å². The average molecular weight is 461 g/mol. The molecule has 3 aromatic rings. The fourth-order valence-electron chi connectivity index (χ4n) is 3.14. The van der Waals surface area contributed by atoms with E-state index < -0.39 is 10.0 Å². The number of benzene rings is 2. The standard InChI is InChI=1S/C22H25ClN4O3S/c1-15(2)26-31(29,30)14-18-11-9-17(10-12-18)13-24-22(28)20-16(3)25-27(21(20)23)19-7-5-4-6-8-19/h4-12,15,26H,13-14H2,1-3H3,(H,24,28). The Bertz CT molecular complexity index is 1160. The number of carbonyl (C=O) groups excluding carboxylic acids is 1. The summed E-state index contributed by atoms with van der Waals surface area (Å²) in [4.78, 5) is 12.7. The molecule has 0 spiro atoms. The molecule has 164 valence electrons. The van der Waals surface area contributed by atoms with Gasteiger partial charge >= 0.3 is 0 Å². The molecule has 7 nitrogen and oxygen atoms in total. The second kappa shape index (κ2) is 9.64. The SMILES string of the molecule is Cc1nn(-c2ccccc2)c(Cl)c1C(=O)NCc1ccc(CS(=O)(=O)NC(C)C)cc1. The molecule has 0 atom stereocenters. The van der Waals surface area contributed by atoms with Crippen molar-refractivity contribution in [3.63, 3.8) is 0 Å². The zero-order valence-corrected chi connectivity index (χ0v) is 19.2. The van der Waals surface area contributed by atoms with Crippen molar-refractivity contribution < 1.29 is 13.2 Å². The maximum atomic E-state index is 12.7. The van der Waals surface area contributed by atoms with Gasteiger partial charge in [0.2, 0.25) is 10.0 Å². The molecular formula is C22H25ClN4O3S. The Morgan fingerprint density at radius 1 is 1.06 bits per heavy atom. The largest absolute Gasteiger partial charge is 0.348 e.